The van der Waals surface area contributed by atoms with E-state index < -0.39 is 0 Å². The van der Waals surface area contributed by atoms with Crippen LogP contribution in [-0.4, -0.2) is 31.1 Å². The number of nitrogens with one attached hydrogen (secondary N) is 1. The number of hydrogen-bond acceptors (Lipinski definition) is 5. The number of pyridine rings is 1. The number of hydrogen-bond donors (Lipinski definition) is 1. The minimum Gasteiger partial charge on any atom is -0.492 e. The molecule has 5 rings (SSSR count). The van der Waals surface area contributed by atoms with Crippen LogP contribution in [0.3, 0.4) is 0 Å². The second kappa shape index (κ2) is 9.41. The maximum absolute atomic E-state index is 14.0. The maximum Gasteiger partial charge on any atom is 0.178 e. The molecule has 0 amide bonds. The Morgan fingerprint density at radius 2 is 1.91 bits per heavy atom. The van der Waals surface area contributed by atoms with E-state index in [0.717, 1.165) is 15.6 Å². The van der Waals surface area contributed by atoms with Crippen LogP contribution in [0.2, 0.25) is 0 Å². The molecule has 3 aromatic heterocycles. The van der Waals surface area contributed by atoms with Crippen LogP contribution in [0, 0.1) is 5.82 Å². The van der Waals surface area contributed by atoms with Crippen LogP contribution < -0.4 is 9.47 Å². The minimum atomic E-state index is -0.306. The number of fused-ring (bicyclic) bond motifs is 1. The largest absolute Gasteiger partial charge is 0.492 e. The van der Waals surface area contributed by atoms with Gasteiger partial charge in [-0.3, -0.25) is 0 Å². The van der Waals surface area contributed by atoms with Crippen LogP contribution in [0.1, 0.15) is 5.56 Å². The van der Waals surface area contributed by atoms with Gasteiger partial charge in [-0.05, 0) is 40.2 Å². The smallest absolute Gasteiger partial charge is 0.178 e. The van der Waals surface area contributed by atoms with Crippen molar-refractivity contribution in [1.82, 2.24) is 24.5 Å². The number of aromatic nitrogens is 5. The van der Waals surface area contributed by atoms with Crippen molar-refractivity contribution in [3.05, 3.63) is 89.3 Å². The monoisotopic (exact) mass is 507 g/mol. The molecule has 3 heterocycles. The molecule has 0 fully saturated rings. The van der Waals surface area contributed by atoms with E-state index in [1.165, 1.54) is 6.07 Å². The Balaban J connectivity index is 1.42. The standard InChI is InChI=1S/C24H19BrFN5O2/c25-18-11-22-24(28-13-18)30-23(29-22)17-9-19(32-8-7-31-6-5-27-15-31)12-20(10-17)33-14-16-3-1-2-4-21(16)26/h1-6,9-13,15H,7-8,14H2,(H,28,29,30). The van der Waals surface area contributed by atoms with E-state index in [4.69, 9.17) is 9.47 Å². The first-order valence-corrected chi connectivity index (χ1v) is 11.0. The molecule has 0 aliphatic carbocycles. The van der Waals surface area contributed by atoms with E-state index in [-0.39, 0.29) is 12.4 Å². The van der Waals surface area contributed by atoms with Crippen LogP contribution in [-0.2, 0) is 13.2 Å². The van der Waals surface area contributed by atoms with Gasteiger partial charge in [0.2, 0.25) is 0 Å². The highest BCUT2D eigenvalue weighted by Crippen LogP contribution is 2.30. The molecular formula is C24H19BrFN5O2. The summed E-state index contributed by atoms with van der Waals surface area (Å²) in [6.45, 7) is 1.19. The van der Waals surface area contributed by atoms with Crippen molar-refractivity contribution in [2.24, 2.45) is 0 Å². The van der Waals surface area contributed by atoms with E-state index >= 15 is 0 Å². The summed E-state index contributed by atoms with van der Waals surface area (Å²) in [6, 6.07) is 14.0. The van der Waals surface area contributed by atoms with Gasteiger partial charge in [0.1, 0.15) is 36.4 Å². The first-order valence-electron chi connectivity index (χ1n) is 10.3. The molecule has 166 valence electrons. The molecule has 0 aliphatic heterocycles. The SMILES string of the molecule is Fc1ccccc1COc1cc(OCCn2ccnc2)cc(-c2nc3ncc(Br)cc3[nH]2)c1. The molecule has 0 spiro atoms. The van der Waals surface area contributed by atoms with Gasteiger partial charge in [-0.15, -0.1) is 0 Å². The van der Waals surface area contributed by atoms with Crippen molar-refractivity contribution >= 4 is 27.1 Å². The van der Waals surface area contributed by atoms with Gasteiger partial charge in [0.15, 0.2) is 5.65 Å². The Bertz CT molecular complexity index is 1390. The molecule has 0 bridgehead atoms. The molecule has 2 aromatic carbocycles. The van der Waals surface area contributed by atoms with Gasteiger partial charge in [-0.1, -0.05) is 18.2 Å². The van der Waals surface area contributed by atoms with Crippen LogP contribution in [0.4, 0.5) is 4.39 Å². The zero-order valence-electron chi connectivity index (χ0n) is 17.4. The van der Waals surface area contributed by atoms with E-state index in [2.05, 4.69) is 35.9 Å². The summed E-state index contributed by atoms with van der Waals surface area (Å²) in [6.07, 6.45) is 7.04. The predicted molar refractivity (Wildman–Crippen MR) is 125 cm³/mol. The van der Waals surface area contributed by atoms with Crippen LogP contribution in [0.25, 0.3) is 22.6 Å². The second-order valence-corrected chi connectivity index (χ2v) is 8.25. The normalized spacial score (nSPS) is 11.1. The minimum absolute atomic E-state index is 0.0965. The van der Waals surface area contributed by atoms with E-state index in [9.17, 15) is 4.39 Å². The van der Waals surface area contributed by atoms with Gasteiger partial charge < -0.3 is 19.0 Å². The first-order chi connectivity index (χ1) is 16.1. The van der Waals surface area contributed by atoms with Gasteiger partial charge in [0, 0.05) is 40.3 Å². The number of ether oxygens (including phenoxy) is 2. The van der Waals surface area contributed by atoms with E-state index in [1.807, 2.05) is 29.0 Å². The fourth-order valence-electron chi connectivity index (χ4n) is 3.35. The Labute approximate surface area is 197 Å². The van der Waals surface area contributed by atoms with Gasteiger partial charge in [-0.25, -0.2) is 19.3 Å². The fraction of sp³-hybridized carbons (Fsp3) is 0.125. The molecule has 0 radical (unpaired) electrons. The molecule has 33 heavy (non-hydrogen) atoms. The lowest BCUT2D eigenvalue weighted by Crippen LogP contribution is -2.07. The number of halogens is 2. The van der Waals surface area contributed by atoms with Crippen molar-refractivity contribution in [3.8, 4) is 22.9 Å². The molecule has 7 nitrogen and oxygen atoms in total. The molecule has 0 aliphatic rings. The third kappa shape index (κ3) is 5.04. The number of H-pyrrole nitrogens is 1. The summed E-state index contributed by atoms with van der Waals surface area (Å²) in [5.41, 5.74) is 2.66. The van der Waals surface area contributed by atoms with E-state index in [0.29, 0.717) is 41.7 Å². The molecule has 5 aromatic rings. The number of imidazole rings is 2. The molecule has 0 saturated heterocycles. The van der Waals surface area contributed by atoms with Gasteiger partial charge in [0.25, 0.3) is 0 Å². The van der Waals surface area contributed by atoms with Crippen LogP contribution in [0.5, 0.6) is 11.5 Å². The predicted octanol–water partition coefficient (Wildman–Crippen LogP) is 5.38. The van der Waals surface area contributed by atoms with Crippen molar-refractivity contribution in [2.45, 2.75) is 13.2 Å². The zero-order valence-corrected chi connectivity index (χ0v) is 19.0. The summed E-state index contributed by atoms with van der Waals surface area (Å²) >= 11 is 3.43. The highest BCUT2D eigenvalue weighted by atomic mass is 79.9. The number of benzene rings is 2. The number of rotatable bonds is 8. The summed E-state index contributed by atoms with van der Waals surface area (Å²) in [5, 5.41) is 0. The lowest BCUT2D eigenvalue weighted by Gasteiger charge is -2.12. The van der Waals surface area contributed by atoms with Crippen LogP contribution in [0.15, 0.2) is 77.9 Å². The van der Waals surface area contributed by atoms with Gasteiger partial charge >= 0.3 is 0 Å². The summed E-state index contributed by atoms with van der Waals surface area (Å²) < 4.78 is 28.7. The number of aromatic amines is 1. The van der Waals surface area contributed by atoms with Crippen molar-refractivity contribution < 1.29 is 13.9 Å². The van der Waals surface area contributed by atoms with Crippen molar-refractivity contribution in [2.75, 3.05) is 6.61 Å². The van der Waals surface area contributed by atoms with E-state index in [1.54, 1.807) is 43.0 Å². The lowest BCUT2D eigenvalue weighted by atomic mass is 10.2. The Morgan fingerprint density at radius 1 is 1.06 bits per heavy atom. The van der Waals surface area contributed by atoms with Gasteiger partial charge in [0.05, 0.1) is 18.4 Å². The number of nitrogens with zero attached hydrogens (tertiary/aromatic N) is 4. The summed E-state index contributed by atoms with van der Waals surface area (Å²) in [5.74, 6) is 1.49. The fourth-order valence-corrected chi connectivity index (χ4v) is 3.68. The molecule has 9 heteroatoms. The first kappa shape index (κ1) is 21.1. The Morgan fingerprint density at radius 3 is 2.73 bits per heavy atom. The Hall–Kier alpha value is -3.72. The third-order valence-corrected chi connectivity index (χ3v) is 5.42. The maximum atomic E-state index is 14.0. The average molecular weight is 508 g/mol. The molecule has 1 N–H and O–H groups in total. The quantitative estimate of drug-likeness (QED) is 0.305. The molecule has 0 saturated carbocycles. The summed E-state index contributed by atoms with van der Waals surface area (Å²) in [7, 11) is 0. The molecule has 0 atom stereocenters. The second-order valence-electron chi connectivity index (χ2n) is 7.33. The lowest BCUT2D eigenvalue weighted by molar-refractivity contribution is 0.284. The van der Waals surface area contributed by atoms with Gasteiger partial charge in [-0.2, -0.15) is 0 Å². The molecule has 0 unspecified atom stereocenters. The van der Waals surface area contributed by atoms with Crippen molar-refractivity contribution in [1.29, 1.82) is 0 Å². The van der Waals surface area contributed by atoms with Crippen molar-refractivity contribution in [3.63, 3.8) is 0 Å². The average Bonchev–Trinajstić information content (AvgIpc) is 3.48. The highest BCUT2D eigenvalue weighted by Gasteiger charge is 2.12. The molecular weight excluding hydrogens is 489 g/mol. The zero-order chi connectivity index (χ0) is 22.6. The Kier molecular flexibility index (Phi) is 6.03. The third-order valence-electron chi connectivity index (χ3n) is 4.99. The summed E-state index contributed by atoms with van der Waals surface area (Å²) in [4.78, 5) is 16.2. The van der Waals surface area contributed by atoms with Crippen LogP contribution >= 0.6 is 15.9 Å². The highest BCUT2D eigenvalue weighted by molar-refractivity contribution is 9.10. The topological polar surface area (TPSA) is 77.8 Å².